The number of aliphatic carboxylic acids is 1. The lowest BCUT2D eigenvalue weighted by Crippen LogP contribution is -2.36. The Bertz CT molecular complexity index is 469. The minimum Gasteiger partial charge on any atom is -0.477 e. The molecule has 1 aromatic heterocycles. The van der Waals surface area contributed by atoms with Crippen molar-refractivity contribution < 1.29 is 24.1 Å². The van der Waals surface area contributed by atoms with Crippen LogP contribution in [0.25, 0.3) is 0 Å². The molecule has 1 aliphatic rings. The SMILES string of the molecule is O=C(O)C1=NOC(C(=O)NCCc2ncon2)C1. The average Bonchev–Trinajstić information content (AvgIpc) is 2.99. The highest BCUT2D eigenvalue weighted by Crippen LogP contribution is 2.10. The van der Waals surface area contributed by atoms with E-state index in [9.17, 15) is 9.59 Å². The second-order valence-corrected chi connectivity index (χ2v) is 3.53. The number of carboxylic acid groups (broad SMARTS) is 1. The monoisotopic (exact) mass is 254 g/mol. The number of nitrogens with one attached hydrogen (secondary N) is 1. The molecule has 0 aromatic carbocycles. The summed E-state index contributed by atoms with van der Waals surface area (Å²) in [6.45, 7) is 0.306. The largest absolute Gasteiger partial charge is 0.477 e. The number of rotatable bonds is 5. The molecule has 1 aromatic rings. The molecule has 0 aliphatic carbocycles. The van der Waals surface area contributed by atoms with Gasteiger partial charge in [0, 0.05) is 19.4 Å². The second-order valence-electron chi connectivity index (χ2n) is 3.53. The van der Waals surface area contributed by atoms with Gasteiger partial charge in [0.25, 0.3) is 5.91 Å². The minimum atomic E-state index is -1.18. The van der Waals surface area contributed by atoms with E-state index in [0.717, 1.165) is 0 Å². The topological polar surface area (TPSA) is 127 Å². The van der Waals surface area contributed by atoms with Crippen LogP contribution in [0.2, 0.25) is 0 Å². The van der Waals surface area contributed by atoms with Crippen LogP contribution >= 0.6 is 0 Å². The van der Waals surface area contributed by atoms with Crippen molar-refractivity contribution in [3.8, 4) is 0 Å². The lowest BCUT2D eigenvalue weighted by atomic mass is 10.1. The first kappa shape index (κ1) is 12.0. The molecule has 0 radical (unpaired) electrons. The lowest BCUT2D eigenvalue weighted by Gasteiger charge is -2.07. The third kappa shape index (κ3) is 2.81. The quantitative estimate of drug-likeness (QED) is 0.686. The van der Waals surface area contributed by atoms with Gasteiger partial charge < -0.3 is 19.8 Å². The molecule has 1 unspecified atom stereocenters. The number of carbonyl (C=O) groups is 2. The van der Waals surface area contributed by atoms with E-state index in [0.29, 0.717) is 18.8 Å². The van der Waals surface area contributed by atoms with E-state index < -0.39 is 18.0 Å². The van der Waals surface area contributed by atoms with Crippen LogP contribution in [0.1, 0.15) is 12.2 Å². The van der Waals surface area contributed by atoms with Crippen molar-refractivity contribution >= 4 is 17.6 Å². The molecule has 9 nitrogen and oxygen atoms in total. The molecule has 0 saturated heterocycles. The van der Waals surface area contributed by atoms with Crippen LogP contribution in [0.4, 0.5) is 0 Å². The van der Waals surface area contributed by atoms with Crippen LogP contribution in [-0.2, 0) is 20.8 Å². The molecule has 2 N–H and O–H groups in total. The third-order valence-corrected chi connectivity index (χ3v) is 2.26. The Labute approximate surface area is 101 Å². The van der Waals surface area contributed by atoms with E-state index in [-0.39, 0.29) is 12.1 Å². The Balaban J connectivity index is 1.72. The van der Waals surface area contributed by atoms with E-state index in [2.05, 4.69) is 25.1 Å². The van der Waals surface area contributed by atoms with Gasteiger partial charge >= 0.3 is 5.97 Å². The van der Waals surface area contributed by atoms with Crippen molar-refractivity contribution in [2.45, 2.75) is 18.9 Å². The zero-order valence-electron chi connectivity index (χ0n) is 9.20. The average molecular weight is 254 g/mol. The van der Waals surface area contributed by atoms with E-state index >= 15 is 0 Å². The van der Waals surface area contributed by atoms with E-state index in [1.807, 2.05) is 0 Å². The van der Waals surface area contributed by atoms with Crippen LogP contribution in [0.15, 0.2) is 16.1 Å². The number of oxime groups is 1. The van der Waals surface area contributed by atoms with Gasteiger partial charge in [0.15, 0.2) is 11.5 Å². The summed E-state index contributed by atoms with van der Waals surface area (Å²) in [4.78, 5) is 30.7. The van der Waals surface area contributed by atoms with Gasteiger partial charge in [-0.3, -0.25) is 4.79 Å². The van der Waals surface area contributed by atoms with Crippen molar-refractivity contribution in [1.29, 1.82) is 0 Å². The predicted molar refractivity (Wildman–Crippen MR) is 55.6 cm³/mol. The predicted octanol–water partition coefficient (Wildman–Crippen LogP) is -1.04. The Morgan fingerprint density at radius 3 is 3.00 bits per heavy atom. The normalized spacial score (nSPS) is 18.0. The maximum atomic E-state index is 11.6. The van der Waals surface area contributed by atoms with Crippen molar-refractivity contribution in [3.63, 3.8) is 0 Å². The Kier molecular flexibility index (Phi) is 3.51. The molecule has 1 amide bonds. The summed E-state index contributed by atoms with van der Waals surface area (Å²) in [6.07, 6.45) is 0.691. The molecule has 9 heteroatoms. The molecule has 96 valence electrons. The van der Waals surface area contributed by atoms with Crippen molar-refractivity contribution in [1.82, 2.24) is 15.5 Å². The molecule has 1 aliphatic heterocycles. The summed E-state index contributed by atoms with van der Waals surface area (Å²) in [5.41, 5.74) is -0.159. The van der Waals surface area contributed by atoms with Gasteiger partial charge in [-0.15, -0.1) is 0 Å². The van der Waals surface area contributed by atoms with Crippen molar-refractivity contribution in [2.75, 3.05) is 6.54 Å². The number of carbonyl (C=O) groups excluding carboxylic acids is 1. The summed E-state index contributed by atoms with van der Waals surface area (Å²) in [6, 6.07) is 0. The fraction of sp³-hybridized carbons (Fsp3) is 0.444. The standard InChI is InChI=1S/C9H10N4O5/c14-8(6-3-5(9(15)16)12-18-6)10-2-1-7-11-4-17-13-7/h4,6H,1-3H2,(H,10,14)(H,15,16). The number of aromatic nitrogens is 2. The second kappa shape index (κ2) is 5.25. The van der Waals surface area contributed by atoms with Crippen LogP contribution in [0.3, 0.4) is 0 Å². The molecular weight excluding hydrogens is 244 g/mol. The van der Waals surface area contributed by atoms with Crippen LogP contribution in [0.5, 0.6) is 0 Å². The van der Waals surface area contributed by atoms with Crippen molar-refractivity contribution in [3.05, 3.63) is 12.2 Å². The first-order chi connectivity index (χ1) is 8.66. The summed E-state index contributed by atoms with van der Waals surface area (Å²) >= 11 is 0. The van der Waals surface area contributed by atoms with Gasteiger partial charge in [-0.05, 0) is 0 Å². The van der Waals surface area contributed by atoms with E-state index in [1.165, 1.54) is 6.39 Å². The molecule has 2 rings (SSSR count). The van der Waals surface area contributed by atoms with E-state index in [1.54, 1.807) is 0 Å². The molecule has 18 heavy (non-hydrogen) atoms. The molecule has 0 bridgehead atoms. The highest BCUT2D eigenvalue weighted by atomic mass is 16.6. The first-order valence-electron chi connectivity index (χ1n) is 5.16. The summed E-state index contributed by atoms with van der Waals surface area (Å²) in [5, 5.41) is 18.1. The maximum absolute atomic E-state index is 11.6. The van der Waals surface area contributed by atoms with Gasteiger partial charge in [0.1, 0.15) is 0 Å². The van der Waals surface area contributed by atoms with Crippen LogP contribution < -0.4 is 5.32 Å². The molecular formula is C9H10N4O5. The van der Waals surface area contributed by atoms with E-state index in [4.69, 9.17) is 9.94 Å². The fourth-order valence-electron chi connectivity index (χ4n) is 1.36. The number of hydrogen-bond donors (Lipinski definition) is 2. The smallest absolute Gasteiger partial charge is 0.353 e. The first-order valence-corrected chi connectivity index (χ1v) is 5.16. The molecule has 2 heterocycles. The number of hydrogen-bond acceptors (Lipinski definition) is 7. The zero-order chi connectivity index (χ0) is 13.0. The Morgan fingerprint density at radius 1 is 1.56 bits per heavy atom. The summed E-state index contributed by atoms with van der Waals surface area (Å²) in [5.74, 6) is -1.12. The molecule has 0 saturated carbocycles. The third-order valence-electron chi connectivity index (χ3n) is 2.26. The molecule has 0 spiro atoms. The van der Waals surface area contributed by atoms with Gasteiger partial charge in [-0.1, -0.05) is 10.3 Å². The summed E-state index contributed by atoms with van der Waals surface area (Å²) < 4.78 is 4.53. The summed E-state index contributed by atoms with van der Waals surface area (Å²) in [7, 11) is 0. The Hall–Kier alpha value is -2.45. The number of amides is 1. The van der Waals surface area contributed by atoms with Crippen molar-refractivity contribution in [2.24, 2.45) is 5.16 Å². The van der Waals surface area contributed by atoms with Gasteiger partial charge in [0.05, 0.1) is 0 Å². The highest BCUT2D eigenvalue weighted by Gasteiger charge is 2.31. The number of nitrogens with zero attached hydrogens (tertiary/aromatic N) is 3. The Morgan fingerprint density at radius 2 is 2.39 bits per heavy atom. The van der Waals surface area contributed by atoms with Crippen LogP contribution in [0, 0.1) is 0 Å². The highest BCUT2D eigenvalue weighted by molar-refractivity contribution is 6.36. The maximum Gasteiger partial charge on any atom is 0.353 e. The van der Waals surface area contributed by atoms with Gasteiger partial charge in [-0.2, -0.15) is 4.98 Å². The van der Waals surface area contributed by atoms with Crippen LogP contribution in [-0.4, -0.2) is 45.5 Å². The zero-order valence-corrected chi connectivity index (χ0v) is 9.20. The van der Waals surface area contributed by atoms with Gasteiger partial charge in [0.2, 0.25) is 12.5 Å². The minimum absolute atomic E-state index is 0.0383. The molecule has 0 fully saturated rings. The fourth-order valence-corrected chi connectivity index (χ4v) is 1.36. The number of carboxylic acids is 1. The molecule has 1 atom stereocenters. The lowest BCUT2D eigenvalue weighted by molar-refractivity contribution is -0.131. The van der Waals surface area contributed by atoms with Gasteiger partial charge in [-0.25, -0.2) is 4.79 Å².